The molecule has 1 unspecified atom stereocenters. The summed E-state index contributed by atoms with van der Waals surface area (Å²) in [6.45, 7) is 0.770. The average Bonchev–Trinajstić information content (AvgIpc) is 2.11. The molecule has 0 saturated carbocycles. The van der Waals surface area contributed by atoms with Crippen LogP contribution in [0.15, 0.2) is 0 Å². The molecule has 78 valence electrons. The molecule has 0 spiro atoms. The summed E-state index contributed by atoms with van der Waals surface area (Å²) in [6, 6.07) is 0. The van der Waals surface area contributed by atoms with Crippen LogP contribution in [0.25, 0.3) is 0 Å². The molecule has 0 N–H and O–H groups in total. The Hall–Kier alpha value is 0.0169. The molecule has 1 fully saturated rings. The first-order valence-corrected chi connectivity index (χ1v) is 6.08. The van der Waals surface area contributed by atoms with Gasteiger partial charge < -0.3 is 22.8 Å². The highest BCUT2D eigenvalue weighted by atomic mass is 28.4. The highest BCUT2D eigenvalue weighted by molar-refractivity contribution is 6.60. The van der Waals surface area contributed by atoms with Crippen LogP contribution in [0.5, 0.6) is 0 Å². The molecule has 0 radical (unpaired) electrons. The lowest BCUT2D eigenvalue weighted by atomic mass is 10.3. The second kappa shape index (κ2) is 5.04. The lowest BCUT2D eigenvalue weighted by Gasteiger charge is -2.30. The van der Waals surface area contributed by atoms with E-state index >= 15 is 0 Å². The first kappa shape index (κ1) is 11.1. The molecule has 6 heteroatoms. The monoisotopic (exact) mass is 208 g/mol. The van der Waals surface area contributed by atoms with Crippen molar-refractivity contribution in [3.05, 3.63) is 0 Å². The normalized spacial score (nSPS) is 22.8. The molecular weight excluding hydrogens is 192 g/mol. The van der Waals surface area contributed by atoms with Crippen molar-refractivity contribution in [1.29, 1.82) is 0 Å². The molecule has 0 aromatic carbocycles. The largest absolute Gasteiger partial charge is 0.527 e. The Labute approximate surface area is 79.2 Å². The fourth-order valence-corrected chi connectivity index (χ4v) is 2.21. The molecule has 13 heavy (non-hydrogen) atoms. The van der Waals surface area contributed by atoms with Crippen molar-refractivity contribution in [3.63, 3.8) is 0 Å². The van der Waals surface area contributed by atoms with Crippen molar-refractivity contribution < 1.29 is 22.8 Å². The number of hydrogen-bond donors (Lipinski definition) is 0. The maximum atomic E-state index is 5.38. The summed E-state index contributed by atoms with van der Waals surface area (Å²) >= 11 is 0. The molecule has 0 amide bonds. The van der Waals surface area contributed by atoms with E-state index in [2.05, 4.69) is 0 Å². The summed E-state index contributed by atoms with van der Waals surface area (Å²) in [7, 11) is 2.11. The molecule has 5 nitrogen and oxygen atoms in total. The third-order valence-electron chi connectivity index (χ3n) is 2.04. The molecule has 1 aliphatic heterocycles. The summed E-state index contributed by atoms with van der Waals surface area (Å²) in [5.41, 5.74) is 0. The predicted octanol–water partition coefficient (Wildman–Crippen LogP) is 0.167. The Kier molecular flexibility index (Phi) is 4.30. The Morgan fingerprint density at radius 3 is 2.08 bits per heavy atom. The topological polar surface area (TPSA) is 46.2 Å². The van der Waals surface area contributed by atoms with E-state index in [0.29, 0.717) is 6.23 Å². The number of rotatable bonds is 6. The first-order valence-electron chi connectivity index (χ1n) is 4.15. The summed E-state index contributed by atoms with van der Waals surface area (Å²) in [5, 5.41) is 0. The van der Waals surface area contributed by atoms with Gasteiger partial charge in [0.05, 0.1) is 6.61 Å². The molecule has 1 saturated heterocycles. The van der Waals surface area contributed by atoms with Crippen molar-refractivity contribution in [2.24, 2.45) is 0 Å². The smallest absolute Gasteiger partial charge is 0.375 e. The fraction of sp³-hybridized carbons (Fsp3) is 1.00. The van der Waals surface area contributed by atoms with Crippen LogP contribution >= 0.6 is 0 Å². The van der Waals surface area contributed by atoms with E-state index in [4.69, 9.17) is 22.8 Å². The Morgan fingerprint density at radius 2 is 1.77 bits per heavy atom. The summed E-state index contributed by atoms with van der Waals surface area (Å²) in [4.78, 5) is 0. The molecular formula is C7H16O5Si. The molecule has 1 heterocycles. The molecule has 0 bridgehead atoms. The third kappa shape index (κ3) is 2.73. The van der Waals surface area contributed by atoms with E-state index in [-0.39, 0.29) is 6.29 Å². The zero-order valence-electron chi connectivity index (χ0n) is 8.24. The van der Waals surface area contributed by atoms with Gasteiger partial charge in [0.1, 0.15) is 6.23 Å². The van der Waals surface area contributed by atoms with E-state index < -0.39 is 8.80 Å². The van der Waals surface area contributed by atoms with Gasteiger partial charge in [-0.3, -0.25) is 0 Å². The highest BCUT2D eigenvalue weighted by Crippen LogP contribution is 2.15. The van der Waals surface area contributed by atoms with Gasteiger partial charge in [-0.2, -0.15) is 0 Å². The Balaban J connectivity index is 2.27. The molecule has 1 rings (SSSR count). The van der Waals surface area contributed by atoms with E-state index in [1.807, 2.05) is 0 Å². The van der Waals surface area contributed by atoms with Crippen molar-refractivity contribution in [1.82, 2.24) is 0 Å². The molecule has 1 atom stereocenters. The lowest BCUT2D eigenvalue weighted by Crippen LogP contribution is -2.50. The fourth-order valence-electron chi connectivity index (χ4n) is 0.967. The van der Waals surface area contributed by atoms with Crippen LogP contribution in [0.1, 0.15) is 6.42 Å². The van der Waals surface area contributed by atoms with Crippen LogP contribution in [0.4, 0.5) is 0 Å². The maximum Gasteiger partial charge on any atom is 0.527 e. The van der Waals surface area contributed by atoms with Crippen LogP contribution in [0, 0.1) is 0 Å². The van der Waals surface area contributed by atoms with Gasteiger partial charge in [-0.05, 0) is 0 Å². The molecule has 0 aromatic heterocycles. The molecule has 0 aliphatic carbocycles. The SMILES string of the molecule is CO[Si](COC1CCO1)(OC)OC. The zero-order valence-corrected chi connectivity index (χ0v) is 9.24. The second-order valence-corrected chi connectivity index (χ2v) is 5.57. The Bertz CT molecular complexity index is 138. The highest BCUT2D eigenvalue weighted by Gasteiger charge is 2.40. The van der Waals surface area contributed by atoms with E-state index in [1.165, 1.54) is 0 Å². The summed E-state index contributed by atoms with van der Waals surface area (Å²) in [5.74, 6) is 0. The van der Waals surface area contributed by atoms with Gasteiger partial charge in [-0.1, -0.05) is 0 Å². The quantitative estimate of drug-likeness (QED) is 0.582. The van der Waals surface area contributed by atoms with Crippen LogP contribution < -0.4 is 0 Å². The molecule has 0 aromatic rings. The minimum Gasteiger partial charge on any atom is -0.375 e. The number of ether oxygens (including phenoxy) is 2. The standard InChI is InChI=1S/C7H16O5Si/c1-8-13(9-2,10-3)6-12-7-4-5-11-7/h7H,4-6H2,1-3H3. The average molecular weight is 208 g/mol. The van der Waals surface area contributed by atoms with E-state index in [1.54, 1.807) is 21.3 Å². The van der Waals surface area contributed by atoms with Gasteiger partial charge in [0, 0.05) is 27.8 Å². The number of hydrogen-bond acceptors (Lipinski definition) is 5. The maximum absolute atomic E-state index is 5.38. The van der Waals surface area contributed by atoms with Crippen LogP contribution in [0.2, 0.25) is 0 Å². The predicted molar refractivity (Wildman–Crippen MR) is 47.1 cm³/mol. The summed E-state index contributed by atoms with van der Waals surface area (Å²) < 4.78 is 26.0. The first-order chi connectivity index (χ1) is 6.26. The summed E-state index contributed by atoms with van der Waals surface area (Å²) in [6.07, 6.45) is 1.16. The van der Waals surface area contributed by atoms with Gasteiger partial charge in [0.2, 0.25) is 0 Å². The van der Waals surface area contributed by atoms with Gasteiger partial charge in [0.15, 0.2) is 6.29 Å². The minimum atomic E-state index is -2.56. The van der Waals surface area contributed by atoms with Gasteiger partial charge in [-0.15, -0.1) is 0 Å². The van der Waals surface area contributed by atoms with E-state index in [0.717, 1.165) is 13.0 Å². The van der Waals surface area contributed by atoms with Crippen molar-refractivity contribution >= 4 is 8.80 Å². The van der Waals surface area contributed by atoms with Crippen LogP contribution in [0.3, 0.4) is 0 Å². The zero-order chi connectivity index (χ0) is 9.73. The molecule has 1 aliphatic rings. The minimum absolute atomic E-state index is 0.104. The van der Waals surface area contributed by atoms with Crippen molar-refractivity contribution in [3.8, 4) is 0 Å². The third-order valence-corrected chi connectivity index (χ3v) is 4.42. The van der Waals surface area contributed by atoms with Crippen molar-refractivity contribution in [2.75, 3.05) is 34.2 Å². The van der Waals surface area contributed by atoms with Gasteiger partial charge in [-0.25, -0.2) is 0 Å². The van der Waals surface area contributed by atoms with E-state index in [9.17, 15) is 0 Å². The second-order valence-electron chi connectivity index (χ2n) is 2.70. The van der Waals surface area contributed by atoms with Gasteiger partial charge >= 0.3 is 8.80 Å². The van der Waals surface area contributed by atoms with Crippen molar-refractivity contribution in [2.45, 2.75) is 12.7 Å². The van der Waals surface area contributed by atoms with Gasteiger partial charge in [0.25, 0.3) is 0 Å². The Morgan fingerprint density at radius 1 is 1.23 bits per heavy atom. The lowest BCUT2D eigenvalue weighted by molar-refractivity contribution is -0.211. The van der Waals surface area contributed by atoms with Crippen LogP contribution in [-0.4, -0.2) is 49.3 Å². The van der Waals surface area contributed by atoms with Crippen LogP contribution in [-0.2, 0) is 22.8 Å².